The van der Waals surface area contributed by atoms with E-state index in [0.717, 1.165) is 34.3 Å². The summed E-state index contributed by atoms with van der Waals surface area (Å²) in [5, 5.41) is 21.9. The Hall–Kier alpha value is -2.64. The SMILES string of the molecule is Cc1cc2cc(CNC(=O)c3cc(B(O)O)ccc3F)ccc2[nH]1. The van der Waals surface area contributed by atoms with Gasteiger partial charge in [0.15, 0.2) is 0 Å². The number of benzene rings is 2. The van der Waals surface area contributed by atoms with Crippen molar-refractivity contribution < 1.29 is 19.2 Å². The fraction of sp³-hybridized carbons (Fsp3) is 0.118. The van der Waals surface area contributed by atoms with Gasteiger partial charge in [0.1, 0.15) is 5.82 Å². The Morgan fingerprint density at radius 2 is 2.00 bits per heavy atom. The Bertz CT molecular complexity index is 908. The van der Waals surface area contributed by atoms with Crippen molar-refractivity contribution in [3.05, 3.63) is 65.1 Å². The Kier molecular flexibility index (Phi) is 4.37. The highest BCUT2D eigenvalue weighted by atomic mass is 19.1. The van der Waals surface area contributed by atoms with E-state index in [4.69, 9.17) is 10.0 Å². The molecule has 0 bridgehead atoms. The summed E-state index contributed by atoms with van der Waals surface area (Å²) in [6, 6.07) is 11.1. The van der Waals surface area contributed by atoms with Crippen molar-refractivity contribution in [2.45, 2.75) is 13.5 Å². The van der Waals surface area contributed by atoms with Crippen molar-refractivity contribution in [3.63, 3.8) is 0 Å². The molecule has 0 radical (unpaired) electrons. The first-order valence-electron chi connectivity index (χ1n) is 7.46. The minimum atomic E-state index is -1.75. The summed E-state index contributed by atoms with van der Waals surface area (Å²) in [5.74, 6) is -1.33. The molecule has 122 valence electrons. The number of halogens is 1. The third kappa shape index (κ3) is 3.32. The molecule has 5 nitrogen and oxygen atoms in total. The number of aryl methyl sites for hydroxylation is 1. The maximum Gasteiger partial charge on any atom is 0.488 e. The number of hydrogen-bond acceptors (Lipinski definition) is 3. The average molecular weight is 326 g/mol. The number of amides is 1. The van der Waals surface area contributed by atoms with Gasteiger partial charge < -0.3 is 20.3 Å². The number of hydrogen-bond donors (Lipinski definition) is 4. The van der Waals surface area contributed by atoms with Crippen LogP contribution >= 0.6 is 0 Å². The van der Waals surface area contributed by atoms with Gasteiger partial charge in [-0.3, -0.25) is 4.79 Å². The van der Waals surface area contributed by atoms with Gasteiger partial charge >= 0.3 is 7.12 Å². The molecule has 0 saturated carbocycles. The number of H-pyrrole nitrogens is 1. The number of nitrogens with one attached hydrogen (secondary N) is 2. The number of aromatic nitrogens is 1. The van der Waals surface area contributed by atoms with E-state index in [1.165, 1.54) is 6.07 Å². The summed E-state index contributed by atoms with van der Waals surface area (Å²) in [4.78, 5) is 15.4. The molecular weight excluding hydrogens is 310 g/mol. The lowest BCUT2D eigenvalue weighted by molar-refractivity contribution is 0.0947. The molecule has 0 aliphatic heterocycles. The van der Waals surface area contributed by atoms with Gasteiger partial charge in [-0.05, 0) is 53.7 Å². The van der Waals surface area contributed by atoms with Gasteiger partial charge in [0.25, 0.3) is 5.91 Å². The summed E-state index contributed by atoms with van der Waals surface area (Å²) in [6.07, 6.45) is 0. The molecule has 0 saturated heterocycles. The number of aromatic amines is 1. The van der Waals surface area contributed by atoms with Crippen LogP contribution in [-0.4, -0.2) is 28.1 Å². The lowest BCUT2D eigenvalue weighted by Crippen LogP contribution is -2.32. The molecule has 0 spiro atoms. The van der Waals surface area contributed by atoms with Crippen molar-refractivity contribution in [2.24, 2.45) is 0 Å². The Morgan fingerprint density at radius 1 is 1.21 bits per heavy atom. The molecule has 4 N–H and O–H groups in total. The number of rotatable bonds is 4. The predicted octanol–water partition coefficient (Wildman–Crippen LogP) is 1.23. The quantitative estimate of drug-likeness (QED) is 0.544. The highest BCUT2D eigenvalue weighted by Gasteiger charge is 2.17. The second kappa shape index (κ2) is 6.47. The van der Waals surface area contributed by atoms with Crippen molar-refractivity contribution >= 4 is 29.4 Å². The molecule has 0 atom stereocenters. The molecule has 1 heterocycles. The largest absolute Gasteiger partial charge is 0.488 e. The molecule has 0 aliphatic rings. The molecule has 1 amide bonds. The van der Waals surface area contributed by atoms with Crippen molar-refractivity contribution in [1.82, 2.24) is 10.3 Å². The molecule has 0 fully saturated rings. The van der Waals surface area contributed by atoms with Gasteiger partial charge in [0.2, 0.25) is 0 Å². The van der Waals surface area contributed by atoms with E-state index in [-0.39, 0.29) is 17.6 Å². The van der Waals surface area contributed by atoms with E-state index in [1.807, 2.05) is 31.2 Å². The van der Waals surface area contributed by atoms with E-state index in [9.17, 15) is 9.18 Å². The van der Waals surface area contributed by atoms with Crippen molar-refractivity contribution in [2.75, 3.05) is 0 Å². The lowest BCUT2D eigenvalue weighted by Gasteiger charge is -2.08. The maximum atomic E-state index is 13.8. The predicted molar refractivity (Wildman–Crippen MR) is 90.4 cm³/mol. The van der Waals surface area contributed by atoms with E-state index in [2.05, 4.69) is 10.3 Å². The van der Waals surface area contributed by atoms with Crippen LogP contribution in [0, 0.1) is 12.7 Å². The van der Waals surface area contributed by atoms with Gasteiger partial charge in [-0.1, -0.05) is 12.1 Å². The highest BCUT2D eigenvalue weighted by molar-refractivity contribution is 6.58. The van der Waals surface area contributed by atoms with Gasteiger partial charge in [0.05, 0.1) is 5.56 Å². The minimum Gasteiger partial charge on any atom is -0.423 e. The van der Waals surface area contributed by atoms with Crippen LogP contribution in [0.15, 0.2) is 42.5 Å². The normalized spacial score (nSPS) is 10.8. The Labute approximate surface area is 138 Å². The topological polar surface area (TPSA) is 85.3 Å². The summed E-state index contributed by atoms with van der Waals surface area (Å²) in [6.45, 7) is 2.21. The van der Waals surface area contributed by atoms with E-state index < -0.39 is 18.8 Å². The van der Waals surface area contributed by atoms with Crippen LogP contribution in [0.3, 0.4) is 0 Å². The molecule has 2 aromatic carbocycles. The molecule has 0 unspecified atom stereocenters. The fourth-order valence-electron chi connectivity index (χ4n) is 2.59. The first-order valence-corrected chi connectivity index (χ1v) is 7.46. The zero-order valence-corrected chi connectivity index (χ0v) is 13.0. The molecule has 24 heavy (non-hydrogen) atoms. The van der Waals surface area contributed by atoms with Crippen LogP contribution in [0.1, 0.15) is 21.6 Å². The standard InChI is InChI=1S/C17H16BFN2O3/c1-10-6-12-7-11(2-5-16(12)21-10)9-20-17(22)14-8-13(18(23)24)3-4-15(14)19/h2-8,21,23-24H,9H2,1H3,(H,20,22). The van der Waals surface area contributed by atoms with Crippen LogP contribution in [-0.2, 0) is 6.54 Å². The first-order chi connectivity index (χ1) is 11.4. The van der Waals surface area contributed by atoms with E-state index >= 15 is 0 Å². The fourth-order valence-corrected chi connectivity index (χ4v) is 2.59. The van der Waals surface area contributed by atoms with Gasteiger partial charge in [-0.25, -0.2) is 4.39 Å². The minimum absolute atomic E-state index is 0.0609. The lowest BCUT2D eigenvalue weighted by atomic mass is 9.79. The summed E-state index contributed by atoms with van der Waals surface area (Å²) >= 11 is 0. The second-order valence-electron chi connectivity index (χ2n) is 5.67. The van der Waals surface area contributed by atoms with Crippen LogP contribution in [0.2, 0.25) is 0 Å². The highest BCUT2D eigenvalue weighted by Crippen LogP contribution is 2.17. The van der Waals surface area contributed by atoms with E-state index in [0.29, 0.717) is 0 Å². The average Bonchev–Trinajstić information content (AvgIpc) is 2.92. The molecule has 3 aromatic rings. The van der Waals surface area contributed by atoms with Crippen molar-refractivity contribution in [3.8, 4) is 0 Å². The summed E-state index contributed by atoms with van der Waals surface area (Å²) < 4.78 is 13.8. The summed E-state index contributed by atoms with van der Waals surface area (Å²) in [7, 11) is -1.75. The smallest absolute Gasteiger partial charge is 0.423 e. The molecule has 7 heteroatoms. The monoisotopic (exact) mass is 326 g/mol. The van der Waals surface area contributed by atoms with Gasteiger partial charge in [-0.2, -0.15) is 0 Å². The zero-order valence-electron chi connectivity index (χ0n) is 13.0. The maximum absolute atomic E-state index is 13.8. The van der Waals surface area contributed by atoms with E-state index in [1.54, 1.807) is 0 Å². The molecule has 3 rings (SSSR count). The summed E-state index contributed by atoms with van der Waals surface area (Å²) in [5.41, 5.74) is 2.78. The Morgan fingerprint density at radius 3 is 2.75 bits per heavy atom. The third-order valence-corrected chi connectivity index (χ3v) is 3.81. The first kappa shape index (κ1) is 16.2. The molecule has 0 aliphatic carbocycles. The number of carbonyl (C=O) groups excluding carboxylic acids is 1. The molecule has 1 aromatic heterocycles. The zero-order chi connectivity index (χ0) is 17.3. The number of fused-ring (bicyclic) bond motifs is 1. The van der Waals surface area contributed by atoms with Crippen molar-refractivity contribution in [1.29, 1.82) is 0 Å². The third-order valence-electron chi connectivity index (χ3n) is 3.81. The van der Waals surface area contributed by atoms with Crippen LogP contribution in [0.25, 0.3) is 10.9 Å². The van der Waals surface area contributed by atoms with Crippen LogP contribution in [0.5, 0.6) is 0 Å². The van der Waals surface area contributed by atoms with Gasteiger partial charge in [0, 0.05) is 17.8 Å². The Balaban J connectivity index is 1.75. The second-order valence-corrected chi connectivity index (χ2v) is 5.67. The number of carbonyl (C=O) groups is 1. The van der Waals surface area contributed by atoms with Crippen LogP contribution in [0.4, 0.5) is 4.39 Å². The van der Waals surface area contributed by atoms with Gasteiger partial charge in [-0.15, -0.1) is 0 Å². The molecular formula is C17H16BFN2O3. The van der Waals surface area contributed by atoms with Crippen LogP contribution < -0.4 is 10.8 Å².